The van der Waals surface area contributed by atoms with E-state index in [4.69, 9.17) is 28.3 Å². The van der Waals surface area contributed by atoms with E-state index in [0.29, 0.717) is 10.6 Å². The molecular weight excluding hydrogens is 291 g/mol. The number of hydrogen-bond acceptors (Lipinski definition) is 3. The number of rotatable bonds is 2. The van der Waals surface area contributed by atoms with Crippen molar-refractivity contribution in [3.8, 4) is 6.07 Å². The molecule has 2 atom stereocenters. The molecule has 0 spiro atoms. The molecule has 1 aliphatic rings. The zero-order valence-electron chi connectivity index (χ0n) is 9.72. The van der Waals surface area contributed by atoms with Crippen LogP contribution in [0.15, 0.2) is 12.1 Å². The lowest BCUT2D eigenvalue weighted by Gasteiger charge is -2.24. The minimum atomic E-state index is -1.19. The number of carbonyl (C=O) groups is 2. The molecule has 0 bridgehead atoms. The van der Waals surface area contributed by atoms with Gasteiger partial charge >= 0.3 is 5.97 Å². The van der Waals surface area contributed by atoms with E-state index in [9.17, 15) is 14.9 Å². The maximum atomic E-state index is 12.2. The lowest BCUT2D eigenvalue weighted by atomic mass is 10.1. The molecule has 0 radical (unpaired) electrons. The summed E-state index contributed by atoms with van der Waals surface area (Å²) in [7, 11) is 0. The van der Waals surface area contributed by atoms with Gasteiger partial charge in [-0.15, -0.1) is 0 Å². The number of amides is 1. The predicted molar refractivity (Wildman–Crippen MR) is 68.1 cm³/mol. The summed E-state index contributed by atoms with van der Waals surface area (Å²) in [5.41, 5.74) is 0.490. The second-order valence-electron chi connectivity index (χ2n) is 4.11. The normalized spacial score (nSPS) is 18.9. The summed E-state index contributed by atoms with van der Waals surface area (Å²) in [5, 5.41) is 18.6. The van der Waals surface area contributed by atoms with Crippen LogP contribution in [0, 0.1) is 11.3 Å². The van der Waals surface area contributed by atoms with Gasteiger partial charge in [0.2, 0.25) is 0 Å². The van der Waals surface area contributed by atoms with Gasteiger partial charge in [-0.3, -0.25) is 4.79 Å². The molecule has 1 N–H and O–H groups in total. The van der Waals surface area contributed by atoms with Crippen molar-refractivity contribution in [2.45, 2.75) is 19.0 Å². The summed E-state index contributed by atoms with van der Waals surface area (Å²) < 4.78 is 0. The molecule has 7 heteroatoms. The van der Waals surface area contributed by atoms with Crippen molar-refractivity contribution >= 4 is 35.1 Å². The number of benzene rings is 1. The van der Waals surface area contributed by atoms with Crippen LogP contribution >= 0.6 is 23.2 Å². The van der Waals surface area contributed by atoms with Crippen molar-refractivity contribution in [2.75, 3.05) is 0 Å². The number of nitriles is 1. The highest BCUT2D eigenvalue weighted by atomic mass is 35.5. The summed E-state index contributed by atoms with van der Waals surface area (Å²) in [6, 6.07) is 2.65. The number of carbonyl (C=O) groups excluding carboxylic acids is 1. The Morgan fingerprint density at radius 3 is 2.68 bits per heavy atom. The van der Waals surface area contributed by atoms with Crippen LogP contribution in [-0.4, -0.2) is 27.9 Å². The molecule has 0 fully saturated rings. The molecule has 1 heterocycles. The second kappa shape index (κ2) is 4.72. The van der Waals surface area contributed by atoms with Gasteiger partial charge in [-0.25, -0.2) is 4.79 Å². The minimum Gasteiger partial charge on any atom is -0.480 e. The Morgan fingerprint density at radius 2 is 2.16 bits per heavy atom. The third-order valence-corrected chi connectivity index (χ3v) is 3.52. The topological polar surface area (TPSA) is 81.4 Å². The molecule has 2 unspecified atom stereocenters. The Morgan fingerprint density at radius 1 is 1.53 bits per heavy atom. The summed E-state index contributed by atoms with van der Waals surface area (Å²) in [4.78, 5) is 24.3. The molecule has 0 aromatic heterocycles. The van der Waals surface area contributed by atoms with Crippen LogP contribution in [0.1, 0.15) is 28.9 Å². The highest BCUT2D eigenvalue weighted by Gasteiger charge is 2.43. The van der Waals surface area contributed by atoms with Gasteiger partial charge in [-0.2, -0.15) is 5.26 Å². The maximum absolute atomic E-state index is 12.2. The van der Waals surface area contributed by atoms with Gasteiger partial charge in [0.25, 0.3) is 5.91 Å². The molecule has 19 heavy (non-hydrogen) atoms. The first-order valence-electron chi connectivity index (χ1n) is 5.32. The fourth-order valence-electron chi connectivity index (χ4n) is 2.08. The van der Waals surface area contributed by atoms with Crippen LogP contribution in [0.4, 0.5) is 0 Å². The number of carboxylic acids is 1. The molecule has 0 saturated heterocycles. The van der Waals surface area contributed by atoms with Crippen molar-refractivity contribution in [3.63, 3.8) is 0 Å². The first-order chi connectivity index (χ1) is 8.88. The maximum Gasteiger partial charge on any atom is 0.326 e. The van der Waals surface area contributed by atoms with E-state index in [2.05, 4.69) is 0 Å². The largest absolute Gasteiger partial charge is 0.480 e. The Labute approximate surface area is 118 Å². The molecule has 1 aromatic rings. The van der Waals surface area contributed by atoms with Gasteiger partial charge in [0, 0.05) is 10.6 Å². The summed E-state index contributed by atoms with van der Waals surface area (Å²) in [6.45, 7) is 1.34. The third kappa shape index (κ3) is 2.03. The Hall–Kier alpha value is -1.77. The van der Waals surface area contributed by atoms with E-state index in [1.165, 1.54) is 19.1 Å². The molecule has 0 saturated carbocycles. The predicted octanol–water partition coefficient (Wildman–Crippen LogP) is 2.49. The zero-order chi connectivity index (χ0) is 14.3. The van der Waals surface area contributed by atoms with Crippen LogP contribution in [0.5, 0.6) is 0 Å². The van der Waals surface area contributed by atoms with Crippen molar-refractivity contribution in [1.29, 1.82) is 5.26 Å². The second-order valence-corrected chi connectivity index (χ2v) is 4.95. The van der Waals surface area contributed by atoms with Crippen molar-refractivity contribution in [2.24, 2.45) is 0 Å². The van der Waals surface area contributed by atoms with E-state index in [-0.39, 0.29) is 10.6 Å². The van der Waals surface area contributed by atoms with Gasteiger partial charge in [-0.05, 0) is 19.1 Å². The molecule has 2 rings (SSSR count). The highest BCUT2D eigenvalue weighted by molar-refractivity contribution is 6.37. The van der Waals surface area contributed by atoms with E-state index >= 15 is 0 Å². The fraction of sp³-hybridized carbons (Fsp3) is 0.250. The van der Waals surface area contributed by atoms with E-state index < -0.39 is 24.0 Å². The lowest BCUT2D eigenvalue weighted by Crippen LogP contribution is -2.41. The highest BCUT2D eigenvalue weighted by Crippen LogP contribution is 2.40. The Balaban J connectivity index is 2.61. The molecule has 5 nitrogen and oxygen atoms in total. The summed E-state index contributed by atoms with van der Waals surface area (Å²) in [6.07, 6.45) is 0. The van der Waals surface area contributed by atoms with Crippen molar-refractivity contribution in [3.05, 3.63) is 33.3 Å². The summed E-state index contributed by atoms with van der Waals surface area (Å²) >= 11 is 11.8. The van der Waals surface area contributed by atoms with Crippen LogP contribution in [0.25, 0.3) is 0 Å². The fourth-order valence-corrected chi connectivity index (χ4v) is 2.67. The zero-order valence-corrected chi connectivity index (χ0v) is 11.2. The van der Waals surface area contributed by atoms with Crippen LogP contribution in [-0.2, 0) is 4.79 Å². The van der Waals surface area contributed by atoms with E-state index in [1.54, 1.807) is 0 Å². The van der Waals surface area contributed by atoms with E-state index in [1.807, 2.05) is 6.07 Å². The van der Waals surface area contributed by atoms with Gasteiger partial charge < -0.3 is 10.0 Å². The van der Waals surface area contributed by atoms with Gasteiger partial charge in [-0.1, -0.05) is 23.2 Å². The number of aliphatic carboxylic acids is 1. The Bertz CT molecular complexity index is 624. The number of hydrogen-bond donors (Lipinski definition) is 1. The Kier molecular flexibility index (Phi) is 3.40. The summed E-state index contributed by atoms with van der Waals surface area (Å²) in [5.74, 6) is -1.76. The van der Waals surface area contributed by atoms with Gasteiger partial charge in [0.15, 0.2) is 0 Å². The quantitative estimate of drug-likeness (QED) is 0.909. The third-order valence-electron chi connectivity index (χ3n) is 3.00. The first-order valence-corrected chi connectivity index (χ1v) is 6.08. The molecule has 1 aliphatic heterocycles. The SMILES string of the molecule is CC(C(=O)O)N1C(=O)c2c(Cl)cc(Cl)cc2C1C#N. The van der Waals surface area contributed by atoms with Gasteiger partial charge in [0.1, 0.15) is 12.1 Å². The average Bonchev–Trinajstić information content (AvgIpc) is 2.60. The van der Waals surface area contributed by atoms with Gasteiger partial charge in [0.05, 0.1) is 16.7 Å². The van der Waals surface area contributed by atoms with Crippen LogP contribution in [0.2, 0.25) is 10.0 Å². The molecule has 1 amide bonds. The number of carboxylic acid groups (broad SMARTS) is 1. The number of halogens is 2. The first kappa shape index (κ1) is 13.7. The van der Waals surface area contributed by atoms with Crippen molar-refractivity contribution < 1.29 is 14.7 Å². The van der Waals surface area contributed by atoms with Crippen LogP contribution < -0.4 is 0 Å². The number of nitrogens with zero attached hydrogens (tertiary/aromatic N) is 2. The standard InChI is InChI=1S/C12H8Cl2N2O3/c1-5(12(18)19)16-9(4-15)7-2-6(13)3-8(14)10(7)11(16)17/h2-3,5,9H,1H3,(H,18,19). The monoisotopic (exact) mass is 298 g/mol. The molecule has 0 aliphatic carbocycles. The lowest BCUT2D eigenvalue weighted by molar-refractivity contribution is -0.142. The minimum absolute atomic E-state index is 0.118. The molecular formula is C12H8Cl2N2O3. The molecule has 98 valence electrons. The van der Waals surface area contributed by atoms with Crippen LogP contribution in [0.3, 0.4) is 0 Å². The van der Waals surface area contributed by atoms with E-state index in [0.717, 1.165) is 4.90 Å². The van der Waals surface area contributed by atoms with Crippen molar-refractivity contribution in [1.82, 2.24) is 4.90 Å². The smallest absolute Gasteiger partial charge is 0.326 e. The average molecular weight is 299 g/mol. The number of fused-ring (bicyclic) bond motifs is 1. The molecule has 1 aromatic carbocycles.